The second kappa shape index (κ2) is 14.6. The highest BCUT2D eigenvalue weighted by Crippen LogP contribution is 2.58. The summed E-state index contributed by atoms with van der Waals surface area (Å²) in [6.45, 7) is 8.01. The van der Waals surface area contributed by atoms with Crippen LogP contribution >= 0.6 is 0 Å². The molecular weight excluding hydrogens is 621 g/mol. The van der Waals surface area contributed by atoms with Gasteiger partial charge in [-0.2, -0.15) is 0 Å². The van der Waals surface area contributed by atoms with E-state index in [0.717, 1.165) is 39.8 Å². The Hall–Kier alpha value is -6.39. The molecule has 6 aromatic rings. The van der Waals surface area contributed by atoms with E-state index in [1.54, 1.807) is 12.3 Å². The first-order valence-corrected chi connectivity index (χ1v) is 17.4. The van der Waals surface area contributed by atoms with E-state index >= 15 is 0 Å². The second-order valence-electron chi connectivity index (χ2n) is 12.4. The van der Waals surface area contributed by atoms with Gasteiger partial charge in [0.15, 0.2) is 17.5 Å². The zero-order valence-electron chi connectivity index (χ0n) is 29.0. The van der Waals surface area contributed by atoms with Crippen LogP contribution in [0, 0.1) is 0 Å². The summed E-state index contributed by atoms with van der Waals surface area (Å²) in [7, 11) is 0. The van der Waals surface area contributed by atoms with Crippen LogP contribution < -0.4 is 5.73 Å². The molecule has 7 rings (SSSR count). The Bertz CT molecular complexity index is 2330. The van der Waals surface area contributed by atoms with Gasteiger partial charge in [-0.3, -0.25) is 0 Å². The van der Waals surface area contributed by atoms with Gasteiger partial charge in [0, 0.05) is 16.7 Å². The third-order valence-electron chi connectivity index (χ3n) is 9.49. The summed E-state index contributed by atoms with van der Waals surface area (Å²) < 4.78 is 0. The minimum absolute atomic E-state index is 0.539. The van der Waals surface area contributed by atoms with Crippen molar-refractivity contribution in [2.24, 2.45) is 5.73 Å². The molecular formula is C47H40N4. The van der Waals surface area contributed by atoms with E-state index in [1.165, 1.54) is 27.8 Å². The predicted molar refractivity (Wildman–Crippen MR) is 213 cm³/mol. The van der Waals surface area contributed by atoms with Crippen LogP contribution in [0.5, 0.6) is 0 Å². The molecule has 1 unspecified atom stereocenters. The quantitative estimate of drug-likeness (QED) is 0.149. The van der Waals surface area contributed by atoms with Crippen molar-refractivity contribution >= 4 is 5.57 Å². The van der Waals surface area contributed by atoms with Gasteiger partial charge >= 0.3 is 0 Å². The number of fused-ring (bicyclic) bond motifs is 3. The molecule has 1 aliphatic carbocycles. The first-order chi connectivity index (χ1) is 25.1. The highest BCUT2D eigenvalue weighted by molar-refractivity contribution is 5.96. The summed E-state index contributed by atoms with van der Waals surface area (Å²) in [4.78, 5) is 14.9. The Balaban J connectivity index is 1.46. The average molecular weight is 661 g/mol. The van der Waals surface area contributed by atoms with Crippen LogP contribution in [0.2, 0.25) is 0 Å². The highest BCUT2D eigenvalue weighted by atomic mass is 15.0. The average Bonchev–Trinajstić information content (AvgIpc) is 3.50. The van der Waals surface area contributed by atoms with Gasteiger partial charge in [-0.15, -0.1) is 0 Å². The van der Waals surface area contributed by atoms with Crippen molar-refractivity contribution in [1.82, 2.24) is 15.0 Å². The first kappa shape index (κ1) is 33.1. The number of hydrogen-bond donors (Lipinski definition) is 1. The molecule has 0 amide bonds. The molecule has 0 bridgehead atoms. The maximum Gasteiger partial charge on any atom is 0.164 e. The Morgan fingerprint density at radius 2 is 1.31 bits per heavy atom. The van der Waals surface area contributed by atoms with Crippen LogP contribution in [-0.4, -0.2) is 15.0 Å². The molecule has 1 heterocycles. The zero-order chi connectivity index (χ0) is 35.2. The van der Waals surface area contributed by atoms with E-state index in [1.807, 2.05) is 55.5 Å². The van der Waals surface area contributed by atoms with Gasteiger partial charge in [0.25, 0.3) is 0 Å². The molecule has 4 nitrogen and oxygen atoms in total. The van der Waals surface area contributed by atoms with E-state index < -0.39 is 5.41 Å². The Kier molecular flexibility index (Phi) is 9.49. The van der Waals surface area contributed by atoms with Gasteiger partial charge in [-0.1, -0.05) is 165 Å². The maximum absolute atomic E-state index is 6.16. The van der Waals surface area contributed by atoms with E-state index in [2.05, 4.69) is 123 Å². The van der Waals surface area contributed by atoms with Gasteiger partial charge in [-0.05, 0) is 76.2 Å². The number of allylic oxidation sites excluding steroid dienone is 8. The lowest BCUT2D eigenvalue weighted by molar-refractivity contribution is 0.761. The summed E-state index contributed by atoms with van der Waals surface area (Å²) in [5, 5.41) is 0. The molecule has 51 heavy (non-hydrogen) atoms. The number of benzene rings is 5. The van der Waals surface area contributed by atoms with E-state index in [9.17, 15) is 0 Å². The minimum atomic E-state index is -0.539. The summed E-state index contributed by atoms with van der Waals surface area (Å²) in [5.74, 6) is 1.84. The third kappa shape index (κ3) is 5.95. The smallest absolute Gasteiger partial charge is 0.164 e. The molecule has 248 valence electrons. The van der Waals surface area contributed by atoms with E-state index in [0.29, 0.717) is 17.5 Å². The highest BCUT2D eigenvalue weighted by Gasteiger charge is 2.47. The molecule has 0 aliphatic heterocycles. The monoisotopic (exact) mass is 660 g/mol. The molecule has 0 spiro atoms. The summed E-state index contributed by atoms with van der Waals surface area (Å²) in [5.41, 5.74) is 17.8. The van der Waals surface area contributed by atoms with Crippen molar-refractivity contribution in [3.05, 3.63) is 205 Å². The lowest BCUT2D eigenvalue weighted by Gasteiger charge is -2.35. The van der Waals surface area contributed by atoms with Gasteiger partial charge < -0.3 is 5.73 Å². The number of nitrogens with zero attached hydrogens (tertiary/aromatic N) is 3. The second-order valence-corrected chi connectivity index (χ2v) is 12.4. The number of nitrogens with two attached hydrogens (primary N) is 1. The van der Waals surface area contributed by atoms with Crippen LogP contribution in [-0.2, 0) is 5.41 Å². The summed E-state index contributed by atoms with van der Waals surface area (Å²) in [6, 6.07) is 44.9. The van der Waals surface area contributed by atoms with Gasteiger partial charge in [0.2, 0.25) is 0 Å². The third-order valence-corrected chi connectivity index (χ3v) is 9.49. The van der Waals surface area contributed by atoms with E-state index in [-0.39, 0.29) is 0 Å². The van der Waals surface area contributed by atoms with Gasteiger partial charge in [-0.25, -0.2) is 15.0 Å². The number of hydrogen-bond acceptors (Lipinski definition) is 4. The fraction of sp³-hybridized carbons (Fsp3) is 0.0851. The molecule has 0 radical (unpaired) electrons. The Morgan fingerprint density at radius 1 is 0.686 bits per heavy atom. The molecule has 2 N–H and O–H groups in total. The standard InChI is InChI=1S/C47H40N4/c1-4-7-19-33(6-3)44-49-45(34-20-10-8-11-21-34)51-46(50-44)36-23-16-22-35(32-36)39-27-17-29-42-43(39)40-26-14-15-28-41(40)47(42,37(18-5-2)30-31-48)38-24-12-9-13-25-38/h4,6-32H,1,5,48H2,2-3H3/b19-7-,31-30-,33-6+,37-18+. The zero-order valence-corrected chi connectivity index (χ0v) is 29.0. The molecule has 4 heteroatoms. The topological polar surface area (TPSA) is 64.7 Å². The summed E-state index contributed by atoms with van der Waals surface area (Å²) >= 11 is 0. The van der Waals surface area contributed by atoms with Crippen molar-refractivity contribution in [3.8, 4) is 45.0 Å². The lowest BCUT2D eigenvalue weighted by atomic mass is 9.66. The van der Waals surface area contributed by atoms with Crippen molar-refractivity contribution in [2.75, 3.05) is 0 Å². The van der Waals surface area contributed by atoms with Crippen molar-refractivity contribution in [2.45, 2.75) is 25.7 Å². The van der Waals surface area contributed by atoms with Gasteiger partial charge in [0.05, 0.1) is 5.41 Å². The maximum atomic E-state index is 6.16. The minimum Gasteiger partial charge on any atom is -0.405 e. The SMILES string of the molecule is C=C/C=C\C(=C/C)c1nc(-c2ccccc2)nc(-c2cccc(-c3cccc4c3-c3ccccc3C4(C(/C=C\N)=C/CC)c3ccccc3)c2)n1. The number of rotatable bonds is 10. The van der Waals surface area contributed by atoms with Crippen molar-refractivity contribution < 1.29 is 0 Å². The first-order valence-electron chi connectivity index (χ1n) is 17.4. The lowest BCUT2D eigenvalue weighted by Crippen LogP contribution is -2.29. The summed E-state index contributed by atoms with van der Waals surface area (Å²) in [6.07, 6.45) is 14.6. The van der Waals surface area contributed by atoms with Crippen LogP contribution in [0.1, 0.15) is 42.8 Å². The molecule has 1 atom stereocenters. The molecule has 1 aromatic heterocycles. The predicted octanol–water partition coefficient (Wildman–Crippen LogP) is 11.1. The van der Waals surface area contributed by atoms with E-state index in [4.69, 9.17) is 20.7 Å². The molecule has 5 aromatic carbocycles. The normalized spacial score (nSPS) is 15.6. The molecule has 0 saturated heterocycles. The van der Waals surface area contributed by atoms with Gasteiger partial charge in [0.1, 0.15) is 0 Å². The largest absolute Gasteiger partial charge is 0.405 e. The van der Waals surface area contributed by atoms with Crippen LogP contribution in [0.3, 0.4) is 0 Å². The van der Waals surface area contributed by atoms with Crippen molar-refractivity contribution in [1.29, 1.82) is 0 Å². The molecule has 0 fully saturated rings. The Morgan fingerprint density at radius 3 is 2.04 bits per heavy atom. The van der Waals surface area contributed by atoms with Crippen LogP contribution in [0.25, 0.3) is 50.6 Å². The van der Waals surface area contributed by atoms with Crippen LogP contribution in [0.15, 0.2) is 182 Å². The Labute approximate surface area is 300 Å². The van der Waals surface area contributed by atoms with Crippen molar-refractivity contribution in [3.63, 3.8) is 0 Å². The fourth-order valence-electron chi connectivity index (χ4n) is 7.36. The molecule has 0 saturated carbocycles. The number of aromatic nitrogens is 3. The fourth-order valence-corrected chi connectivity index (χ4v) is 7.36. The van der Waals surface area contributed by atoms with Crippen LogP contribution in [0.4, 0.5) is 0 Å². The molecule has 1 aliphatic rings.